The fraction of sp³-hybridized carbons (Fsp3) is 0.238. The van der Waals surface area contributed by atoms with Crippen LogP contribution in [0.4, 0.5) is 0 Å². The monoisotopic (exact) mass is 445 g/mol. The smallest absolute Gasteiger partial charge is 0.325 e. The molecule has 0 unspecified atom stereocenters. The second kappa shape index (κ2) is 9.94. The van der Waals surface area contributed by atoms with Gasteiger partial charge in [0.1, 0.15) is 23.6 Å². The van der Waals surface area contributed by atoms with Gasteiger partial charge in [-0.05, 0) is 29.8 Å². The van der Waals surface area contributed by atoms with E-state index in [1.807, 2.05) is 0 Å². The Bertz CT molecular complexity index is 1000. The third kappa shape index (κ3) is 5.73. The Balaban J connectivity index is 1.63. The molecule has 1 aromatic heterocycles. The number of carbonyl (C=O) groups is 3. The van der Waals surface area contributed by atoms with Crippen LogP contribution in [0.3, 0.4) is 0 Å². The molecule has 2 amide bonds. The first kappa shape index (κ1) is 22.1. The Kier molecular flexibility index (Phi) is 7.09. The molecule has 2 heterocycles. The van der Waals surface area contributed by atoms with Gasteiger partial charge in [-0.2, -0.15) is 0 Å². The number of ether oxygens (including phenoxy) is 2. The Labute approximate surface area is 183 Å². The van der Waals surface area contributed by atoms with Gasteiger partial charge in [-0.25, -0.2) is 4.98 Å². The summed E-state index contributed by atoms with van der Waals surface area (Å²) in [5, 5.41) is 12.9. The van der Waals surface area contributed by atoms with Crippen molar-refractivity contribution in [2.24, 2.45) is 0 Å². The maximum Gasteiger partial charge on any atom is 0.325 e. The number of benzene rings is 1. The molecule has 0 aliphatic carbocycles. The summed E-state index contributed by atoms with van der Waals surface area (Å²) < 4.78 is 10.1. The van der Waals surface area contributed by atoms with E-state index in [9.17, 15) is 19.5 Å². The zero-order valence-electron chi connectivity index (χ0n) is 16.6. The van der Waals surface area contributed by atoms with E-state index < -0.39 is 24.3 Å². The minimum absolute atomic E-state index is 0.123. The summed E-state index contributed by atoms with van der Waals surface area (Å²) in [6, 6.07) is 10.3. The summed E-state index contributed by atoms with van der Waals surface area (Å²) in [5.74, 6) is -1.49. The third-order valence-electron chi connectivity index (χ3n) is 4.46. The number of nitrogens with one attached hydrogen (secondary N) is 1. The number of rotatable bonds is 7. The van der Waals surface area contributed by atoms with E-state index in [1.165, 1.54) is 12.0 Å². The lowest BCUT2D eigenvalue weighted by Crippen LogP contribution is -2.43. The summed E-state index contributed by atoms with van der Waals surface area (Å²) >= 11 is 5.85. The zero-order chi connectivity index (χ0) is 22.4. The molecule has 0 bridgehead atoms. The van der Waals surface area contributed by atoms with Gasteiger partial charge in [0.2, 0.25) is 5.88 Å². The van der Waals surface area contributed by atoms with Crippen molar-refractivity contribution >= 4 is 29.4 Å². The average molecular weight is 446 g/mol. The SMILES string of the molecule is COC(=O)CNC(=O)C1=C(O)CCN(Cc2ccc(Oc3ccc(Cl)cc3)nc2)C1=O. The Morgan fingerprint density at radius 1 is 1.23 bits per heavy atom. The van der Waals surface area contributed by atoms with Crippen LogP contribution in [-0.2, 0) is 25.7 Å². The van der Waals surface area contributed by atoms with Crippen molar-refractivity contribution in [1.82, 2.24) is 15.2 Å². The van der Waals surface area contributed by atoms with Gasteiger partial charge in [-0.3, -0.25) is 14.4 Å². The summed E-state index contributed by atoms with van der Waals surface area (Å²) in [6.45, 7) is 0.0218. The number of aliphatic hydroxyl groups excluding tert-OH is 1. The van der Waals surface area contributed by atoms with Crippen molar-refractivity contribution in [3.05, 3.63) is 64.5 Å². The van der Waals surface area contributed by atoms with Crippen LogP contribution >= 0.6 is 11.6 Å². The van der Waals surface area contributed by atoms with Crippen molar-refractivity contribution in [3.63, 3.8) is 0 Å². The number of aromatic nitrogens is 1. The first-order chi connectivity index (χ1) is 14.9. The molecule has 9 nitrogen and oxygen atoms in total. The molecule has 0 radical (unpaired) electrons. The van der Waals surface area contributed by atoms with Crippen molar-refractivity contribution in [1.29, 1.82) is 0 Å². The number of aliphatic hydroxyl groups is 1. The number of carbonyl (C=O) groups excluding carboxylic acids is 3. The van der Waals surface area contributed by atoms with Crippen LogP contribution in [0.25, 0.3) is 0 Å². The second-order valence-electron chi connectivity index (χ2n) is 6.62. The summed E-state index contributed by atoms with van der Waals surface area (Å²) in [5.41, 5.74) is 0.332. The lowest BCUT2D eigenvalue weighted by molar-refractivity contribution is -0.141. The Morgan fingerprint density at radius 2 is 1.97 bits per heavy atom. The highest BCUT2D eigenvalue weighted by molar-refractivity contribution is 6.30. The first-order valence-electron chi connectivity index (χ1n) is 9.32. The molecule has 31 heavy (non-hydrogen) atoms. The van der Waals surface area contributed by atoms with E-state index in [4.69, 9.17) is 16.3 Å². The van der Waals surface area contributed by atoms with Gasteiger partial charge in [0.05, 0.1) is 7.11 Å². The number of amides is 2. The van der Waals surface area contributed by atoms with Crippen LogP contribution in [-0.4, -0.2) is 53.0 Å². The van der Waals surface area contributed by atoms with E-state index in [2.05, 4.69) is 15.0 Å². The highest BCUT2D eigenvalue weighted by atomic mass is 35.5. The molecule has 1 aliphatic rings. The molecule has 2 aromatic rings. The zero-order valence-corrected chi connectivity index (χ0v) is 17.4. The molecule has 10 heteroatoms. The molecule has 0 saturated carbocycles. The standard InChI is InChI=1S/C21H20ClN3O6/c1-30-18(27)11-24-20(28)19-16(26)8-9-25(21(19)29)12-13-2-7-17(23-10-13)31-15-5-3-14(22)4-6-15/h2-7,10,26H,8-9,11-12H2,1H3,(H,24,28). The quantitative estimate of drug-likeness (QED) is 0.496. The Morgan fingerprint density at radius 3 is 2.61 bits per heavy atom. The van der Waals surface area contributed by atoms with Crippen molar-refractivity contribution in [3.8, 4) is 11.6 Å². The van der Waals surface area contributed by atoms with E-state index in [0.717, 1.165) is 0 Å². The van der Waals surface area contributed by atoms with E-state index in [-0.39, 0.29) is 30.8 Å². The van der Waals surface area contributed by atoms with Gasteiger partial charge in [0, 0.05) is 36.8 Å². The molecule has 0 saturated heterocycles. The molecule has 0 atom stereocenters. The van der Waals surface area contributed by atoms with Gasteiger partial charge >= 0.3 is 5.97 Å². The largest absolute Gasteiger partial charge is 0.511 e. The first-order valence-corrected chi connectivity index (χ1v) is 9.70. The predicted molar refractivity (Wildman–Crippen MR) is 110 cm³/mol. The van der Waals surface area contributed by atoms with E-state index in [0.29, 0.717) is 22.2 Å². The van der Waals surface area contributed by atoms with E-state index in [1.54, 1.807) is 42.6 Å². The molecule has 0 fully saturated rings. The fourth-order valence-electron chi connectivity index (χ4n) is 2.85. The lowest BCUT2D eigenvalue weighted by atomic mass is 10.1. The van der Waals surface area contributed by atoms with Crippen LogP contribution in [0.2, 0.25) is 5.02 Å². The normalized spacial score (nSPS) is 13.7. The number of nitrogens with zero attached hydrogens (tertiary/aromatic N) is 2. The van der Waals surface area contributed by atoms with E-state index >= 15 is 0 Å². The number of methoxy groups -OCH3 is 1. The van der Waals surface area contributed by atoms with Gasteiger partial charge in [0.25, 0.3) is 11.8 Å². The molecule has 1 aliphatic heterocycles. The molecule has 2 N–H and O–H groups in total. The predicted octanol–water partition coefficient (Wildman–Crippen LogP) is 2.36. The average Bonchev–Trinajstić information content (AvgIpc) is 2.77. The summed E-state index contributed by atoms with van der Waals surface area (Å²) in [6.07, 6.45) is 1.69. The van der Waals surface area contributed by atoms with Crippen LogP contribution in [0.1, 0.15) is 12.0 Å². The molecule has 3 rings (SSSR count). The van der Waals surface area contributed by atoms with Crippen LogP contribution in [0.15, 0.2) is 53.9 Å². The maximum atomic E-state index is 12.7. The minimum Gasteiger partial charge on any atom is -0.511 e. The summed E-state index contributed by atoms with van der Waals surface area (Å²) in [7, 11) is 1.18. The fourth-order valence-corrected chi connectivity index (χ4v) is 2.98. The number of pyridine rings is 1. The minimum atomic E-state index is -0.831. The second-order valence-corrected chi connectivity index (χ2v) is 7.05. The number of esters is 1. The van der Waals surface area contributed by atoms with Crippen LogP contribution in [0.5, 0.6) is 11.6 Å². The highest BCUT2D eigenvalue weighted by Gasteiger charge is 2.32. The number of hydrogen-bond acceptors (Lipinski definition) is 7. The maximum absolute atomic E-state index is 12.7. The van der Waals surface area contributed by atoms with Gasteiger partial charge < -0.3 is 24.8 Å². The van der Waals surface area contributed by atoms with Crippen molar-refractivity contribution < 1.29 is 29.0 Å². The topological polar surface area (TPSA) is 118 Å². The van der Waals surface area contributed by atoms with Gasteiger partial charge in [0.15, 0.2) is 0 Å². The highest BCUT2D eigenvalue weighted by Crippen LogP contribution is 2.23. The van der Waals surface area contributed by atoms with Crippen LogP contribution < -0.4 is 10.1 Å². The Hall–Kier alpha value is -3.59. The van der Waals surface area contributed by atoms with Crippen molar-refractivity contribution in [2.45, 2.75) is 13.0 Å². The molecular formula is C21H20ClN3O6. The van der Waals surface area contributed by atoms with Gasteiger partial charge in [-0.1, -0.05) is 17.7 Å². The molecule has 162 valence electrons. The lowest BCUT2D eigenvalue weighted by Gasteiger charge is -2.28. The molecular weight excluding hydrogens is 426 g/mol. The molecule has 1 aromatic carbocycles. The molecule has 0 spiro atoms. The number of hydrogen-bond donors (Lipinski definition) is 2. The number of halogens is 1. The third-order valence-corrected chi connectivity index (χ3v) is 4.72. The summed E-state index contributed by atoms with van der Waals surface area (Å²) in [4.78, 5) is 41.8. The van der Waals surface area contributed by atoms with Crippen molar-refractivity contribution in [2.75, 3.05) is 20.2 Å². The van der Waals surface area contributed by atoms with Crippen LogP contribution in [0, 0.1) is 0 Å². The van der Waals surface area contributed by atoms with Gasteiger partial charge in [-0.15, -0.1) is 0 Å².